The first-order valence-corrected chi connectivity index (χ1v) is 5.69. The van der Waals surface area contributed by atoms with Crippen LogP contribution < -0.4 is 22.4 Å². The second-order valence-corrected chi connectivity index (χ2v) is 4.36. The number of aromatic nitrogens is 4. The molecule has 0 amide bonds. The van der Waals surface area contributed by atoms with Crippen molar-refractivity contribution >= 4 is 17.6 Å². The Bertz CT molecular complexity index is 679. The molecule has 94 valence electrons. The fourth-order valence-corrected chi connectivity index (χ4v) is 2.03. The van der Waals surface area contributed by atoms with Crippen molar-refractivity contribution in [2.75, 3.05) is 5.43 Å². The zero-order chi connectivity index (χ0) is 13.1. The molecule has 0 unspecified atom stereocenters. The molecule has 4 N–H and O–H groups in total. The van der Waals surface area contributed by atoms with E-state index in [1.54, 1.807) is 25.4 Å². The largest absolute Gasteiger partial charge is 0.339 e. The minimum absolute atomic E-state index is 0.369. The normalized spacial score (nSPS) is 10.3. The van der Waals surface area contributed by atoms with Crippen molar-refractivity contribution in [1.29, 1.82) is 0 Å². The van der Waals surface area contributed by atoms with E-state index in [4.69, 9.17) is 5.84 Å². The molecule has 0 spiro atoms. The van der Waals surface area contributed by atoms with Crippen LogP contribution in [0.4, 0.5) is 5.82 Å². The van der Waals surface area contributed by atoms with Gasteiger partial charge in [-0.3, -0.25) is 19.4 Å². The van der Waals surface area contributed by atoms with E-state index in [1.165, 1.54) is 16.4 Å². The van der Waals surface area contributed by atoms with Gasteiger partial charge in [-0.05, 0) is 23.9 Å². The van der Waals surface area contributed by atoms with Gasteiger partial charge in [0.25, 0.3) is 0 Å². The van der Waals surface area contributed by atoms with Gasteiger partial charge in [0.15, 0.2) is 5.16 Å². The number of pyridine rings is 1. The third-order valence-electron chi connectivity index (χ3n) is 2.04. The molecule has 0 fully saturated rings. The summed E-state index contributed by atoms with van der Waals surface area (Å²) in [5.74, 6) is 5.74. The van der Waals surface area contributed by atoms with Gasteiger partial charge in [-0.1, -0.05) is 0 Å². The minimum Gasteiger partial charge on any atom is -0.308 e. The fraction of sp³-hybridized carbons (Fsp3) is 0.111. The highest BCUT2D eigenvalue weighted by atomic mass is 32.2. The molecule has 0 aliphatic rings. The number of aromatic amines is 1. The van der Waals surface area contributed by atoms with Crippen LogP contribution in [0.3, 0.4) is 0 Å². The molecule has 0 aliphatic heterocycles. The molecule has 0 saturated heterocycles. The summed E-state index contributed by atoms with van der Waals surface area (Å²) in [5, 5.41) is 2.73. The number of H-pyrrole nitrogens is 1. The standard InChI is InChI=1S/C9H10N6O2S/c1-15-9(12-7(16)8(17)14-15)18-5-2-3-11-6(4-5)13-10/h2-4H,10H2,1H3,(H,11,13)(H,14,17). The fourth-order valence-electron chi connectivity index (χ4n) is 1.21. The Balaban J connectivity index is 2.36. The Kier molecular flexibility index (Phi) is 3.44. The SMILES string of the molecule is Cn1[nH]c(=O)c(=O)nc1Sc1ccnc(NN)c1. The minimum atomic E-state index is -0.818. The molecule has 9 heteroatoms. The smallest absolute Gasteiger partial charge is 0.308 e. The third kappa shape index (κ3) is 2.57. The predicted molar refractivity (Wildman–Crippen MR) is 66.3 cm³/mol. The molecule has 0 aromatic carbocycles. The van der Waals surface area contributed by atoms with E-state index in [-0.39, 0.29) is 0 Å². The van der Waals surface area contributed by atoms with Crippen LogP contribution in [0, 0.1) is 0 Å². The number of rotatable bonds is 3. The van der Waals surface area contributed by atoms with E-state index in [0.29, 0.717) is 11.0 Å². The molecular formula is C9H10N6O2S. The van der Waals surface area contributed by atoms with Crippen LogP contribution in [0.5, 0.6) is 0 Å². The third-order valence-corrected chi connectivity index (χ3v) is 3.07. The van der Waals surface area contributed by atoms with Crippen LogP contribution >= 0.6 is 11.8 Å². The average Bonchev–Trinajstić information content (AvgIpc) is 2.36. The number of hydrogen-bond donors (Lipinski definition) is 3. The van der Waals surface area contributed by atoms with Crippen molar-refractivity contribution in [2.45, 2.75) is 10.1 Å². The Hall–Kier alpha value is -2.13. The van der Waals surface area contributed by atoms with Crippen LogP contribution in [0.1, 0.15) is 0 Å². The van der Waals surface area contributed by atoms with Crippen molar-refractivity contribution in [3.63, 3.8) is 0 Å². The van der Waals surface area contributed by atoms with Crippen LogP contribution in [0.2, 0.25) is 0 Å². The second kappa shape index (κ2) is 5.02. The Morgan fingerprint density at radius 3 is 3.00 bits per heavy atom. The van der Waals surface area contributed by atoms with Gasteiger partial charge in [-0.25, -0.2) is 10.8 Å². The second-order valence-electron chi connectivity index (χ2n) is 3.32. The summed E-state index contributed by atoms with van der Waals surface area (Å²) in [6.07, 6.45) is 1.57. The van der Waals surface area contributed by atoms with Crippen LogP contribution in [0.15, 0.2) is 38.0 Å². The topological polar surface area (TPSA) is 119 Å². The highest BCUT2D eigenvalue weighted by Crippen LogP contribution is 2.24. The van der Waals surface area contributed by atoms with Gasteiger partial charge in [-0.15, -0.1) is 0 Å². The lowest BCUT2D eigenvalue weighted by atomic mass is 10.5. The van der Waals surface area contributed by atoms with Crippen molar-refractivity contribution < 1.29 is 0 Å². The van der Waals surface area contributed by atoms with Crippen molar-refractivity contribution in [3.8, 4) is 0 Å². The number of nitrogen functional groups attached to an aromatic ring is 1. The van der Waals surface area contributed by atoms with Crippen molar-refractivity contribution in [2.24, 2.45) is 12.9 Å². The molecule has 2 rings (SSSR count). The zero-order valence-corrected chi connectivity index (χ0v) is 10.2. The van der Waals surface area contributed by atoms with E-state index in [9.17, 15) is 9.59 Å². The molecule has 0 aliphatic carbocycles. The van der Waals surface area contributed by atoms with E-state index in [2.05, 4.69) is 20.5 Å². The molecule has 0 atom stereocenters. The molecule has 2 aromatic heterocycles. The first-order chi connectivity index (χ1) is 8.60. The maximum Gasteiger partial charge on any atom is 0.339 e. The first-order valence-electron chi connectivity index (χ1n) is 4.88. The zero-order valence-electron chi connectivity index (χ0n) is 9.38. The van der Waals surface area contributed by atoms with Gasteiger partial charge in [0.2, 0.25) is 0 Å². The summed E-state index contributed by atoms with van der Waals surface area (Å²) >= 11 is 1.21. The number of aryl methyl sites for hydroxylation is 1. The number of anilines is 1. The number of hydrazine groups is 1. The molecule has 8 nitrogen and oxygen atoms in total. The molecule has 0 saturated carbocycles. The molecular weight excluding hydrogens is 256 g/mol. The summed E-state index contributed by atoms with van der Waals surface area (Å²) in [6, 6.07) is 3.44. The molecule has 2 heterocycles. The quantitative estimate of drug-likeness (QED) is 0.382. The van der Waals surface area contributed by atoms with Crippen LogP contribution in [-0.4, -0.2) is 19.7 Å². The summed E-state index contributed by atoms with van der Waals surface area (Å²) in [5.41, 5.74) is 0.850. The summed E-state index contributed by atoms with van der Waals surface area (Å²) in [6.45, 7) is 0. The Labute approximate surface area is 105 Å². The summed E-state index contributed by atoms with van der Waals surface area (Å²) in [7, 11) is 1.60. The molecule has 0 bridgehead atoms. The lowest BCUT2D eigenvalue weighted by molar-refractivity contribution is 0.596. The molecule has 18 heavy (non-hydrogen) atoms. The highest BCUT2D eigenvalue weighted by Gasteiger charge is 2.06. The van der Waals surface area contributed by atoms with Gasteiger partial charge in [0.05, 0.1) is 0 Å². The maximum atomic E-state index is 11.2. The van der Waals surface area contributed by atoms with E-state index >= 15 is 0 Å². The maximum absolute atomic E-state index is 11.2. The lowest BCUT2D eigenvalue weighted by Gasteiger charge is -2.06. The first kappa shape index (κ1) is 12.3. The van der Waals surface area contributed by atoms with Crippen molar-refractivity contribution in [3.05, 3.63) is 39.0 Å². The van der Waals surface area contributed by atoms with Crippen LogP contribution in [0.25, 0.3) is 0 Å². The lowest BCUT2D eigenvalue weighted by Crippen LogP contribution is -2.33. The van der Waals surface area contributed by atoms with Gasteiger partial charge in [0.1, 0.15) is 5.82 Å². The summed E-state index contributed by atoms with van der Waals surface area (Å²) < 4.78 is 1.38. The number of nitrogens with two attached hydrogens (primary N) is 1. The number of nitrogens with zero attached hydrogens (tertiary/aromatic N) is 3. The number of hydrogen-bond acceptors (Lipinski definition) is 7. The summed E-state index contributed by atoms with van der Waals surface area (Å²) in [4.78, 5) is 30.6. The van der Waals surface area contributed by atoms with E-state index in [1.807, 2.05) is 0 Å². The predicted octanol–water partition coefficient (Wildman–Crippen LogP) is -0.700. The van der Waals surface area contributed by atoms with Gasteiger partial charge < -0.3 is 5.43 Å². The van der Waals surface area contributed by atoms with Gasteiger partial charge >= 0.3 is 11.1 Å². The van der Waals surface area contributed by atoms with Gasteiger partial charge in [0, 0.05) is 18.1 Å². The van der Waals surface area contributed by atoms with Gasteiger partial charge in [-0.2, -0.15) is 4.98 Å². The average molecular weight is 266 g/mol. The highest BCUT2D eigenvalue weighted by molar-refractivity contribution is 7.99. The van der Waals surface area contributed by atoms with E-state index < -0.39 is 11.1 Å². The van der Waals surface area contributed by atoms with Crippen LogP contribution in [-0.2, 0) is 7.05 Å². The van der Waals surface area contributed by atoms with Crippen molar-refractivity contribution in [1.82, 2.24) is 19.7 Å². The number of nitrogens with one attached hydrogen (secondary N) is 2. The Morgan fingerprint density at radius 1 is 1.50 bits per heavy atom. The molecule has 2 aromatic rings. The monoisotopic (exact) mass is 266 g/mol. The van der Waals surface area contributed by atoms with E-state index in [0.717, 1.165) is 4.90 Å². The molecule has 0 radical (unpaired) electrons. The Morgan fingerprint density at radius 2 is 2.28 bits per heavy atom.